The number of furan rings is 1. The minimum Gasteiger partial charge on any atom is -0.459 e. The molecule has 1 heterocycles. The zero-order chi connectivity index (χ0) is 13.0. The lowest BCUT2D eigenvalue weighted by atomic mass is 10.1. The van der Waals surface area contributed by atoms with Crippen molar-refractivity contribution < 1.29 is 9.21 Å². The maximum Gasteiger partial charge on any atom is 0.287 e. The predicted octanol–water partition coefficient (Wildman–Crippen LogP) is 3.59. The van der Waals surface area contributed by atoms with Gasteiger partial charge in [-0.3, -0.25) is 4.79 Å². The van der Waals surface area contributed by atoms with Crippen LogP contribution in [0.25, 0.3) is 11.1 Å². The molecule has 0 aliphatic heterocycles. The summed E-state index contributed by atoms with van der Waals surface area (Å²) >= 11 is 3.19. The summed E-state index contributed by atoms with van der Waals surface area (Å²) in [7, 11) is 0. The average molecular weight is 306 g/mol. The van der Waals surface area contributed by atoms with Crippen molar-refractivity contribution in [2.45, 2.75) is 0 Å². The van der Waals surface area contributed by atoms with E-state index in [4.69, 9.17) is 4.42 Å². The minimum absolute atomic E-state index is 0.251. The van der Waals surface area contributed by atoms with Crippen molar-refractivity contribution in [3.8, 4) is 11.1 Å². The van der Waals surface area contributed by atoms with Gasteiger partial charge in [-0.15, -0.1) is 0 Å². The van der Waals surface area contributed by atoms with E-state index in [1.165, 1.54) is 6.26 Å². The van der Waals surface area contributed by atoms with Crippen molar-refractivity contribution in [2.75, 3.05) is 6.54 Å². The van der Waals surface area contributed by atoms with E-state index < -0.39 is 0 Å². The fraction of sp³-hybridized carbons (Fsp3) is 0.0714. The van der Waals surface area contributed by atoms with Crippen LogP contribution in [0.5, 0.6) is 0 Å². The average Bonchev–Trinajstić information content (AvgIpc) is 2.86. The number of benzene rings is 1. The van der Waals surface area contributed by atoms with Crippen LogP contribution in [0.1, 0.15) is 10.6 Å². The van der Waals surface area contributed by atoms with E-state index in [9.17, 15) is 4.79 Å². The molecule has 0 aliphatic rings. The highest BCUT2D eigenvalue weighted by atomic mass is 79.9. The zero-order valence-electron chi connectivity index (χ0n) is 9.65. The number of carbonyl (C=O) groups excluding carboxylic acids is 1. The highest BCUT2D eigenvalue weighted by Crippen LogP contribution is 2.24. The molecular weight excluding hydrogens is 294 g/mol. The molecule has 1 N–H and O–H groups in total. The van der Waals surface area contributed by atoms with Gasteiger partial charge in [0.25, 0.3) is 5.91 Å². The van der Waals surface area contributed by atoms with Crippen molar-refractivity contribution >= 4 is 21.8 Å². The molecule has 0 aliphatic carbocycles. The van der Waals surface area contributed by atoms with Gasteiger partial charge in [-0.05, 0) is 11.6 Å². The van der Waals surface area contributed by atoms with Crippen LogP contribution in [0, 0.1) is 0 Å². The molecule has 0 saturated carbocycles. The van der Waals surface area contributed by atoms with Crippen LogP contribution in [0.4, 0.5) is 0 Å². The Bertz CT molecular complexity index is 560. The quantitative estimate of drug-likeness (QED) is 0.938. The van der Waals surface area contributed by atoms with Gasteiger partial charge in [0, 0.05) is 16.6 Å². The zero-order valence-corrected chi connectivity index (χ0v) is 11.2. The van der Waals surface area contributed by atoms with Crippen molar-refractivity contribution in [3.63, 3.8) is 0 Å². The topological polar surface area (TPSA) is 42.2 Å². The number of carbonyl (C=O) groups is 1. The first-order valence-corrected chi connectivity index (χ1v) is 6.22. The Morgan fingerprint density at radius 1 is 1.28 bits per heavy atom. The molecule has 2 rings (SSSR count). The number of halogens is 1. The van der Waals surface area contributed by atoms with Crippen LogP contribution in [0.15, 0.2) is 58.1 Å². The first-order chi connectivity index (χ1) is 8.68. The highest BCUT2D eigenvalue weighted by molar-refractivity contribution is 9.11. The molecule has 0 spiro atoms. The van der Waals surface area contributed by atoms with E-state index in [1.54, 1.807) is 6.07 Å². The number of hydrogen-bond acceptors (Lipinski definition) is 2. The summed E-state index contributed by atoms with van der Waals surface area (Å²) in [6, 6.07) is 11.4. The maximum absolute atomic E-state index is 11.9. The Kier molecular flexibility index (Phi) is 3.99. The van der Waals surface area contributed by atoms with Gasteiger partial charge in [-0.25, -0.2) is 0 Å². The predicted molar refractivity (Wildman–Crippen MR) is 74.5 cm³/mol. The molecule has 0 bridgehead atoms. The van der Waals surface area contributed by atoms with Gasteiger partial charge in [0.15, 0.2) is 5.76 Å². The SMILES string of the molecule is C=C(Br)CNC(=O)c1occc1-c1ccccc1. The Balaban J connectivity index is 2.23. The van der Waals surface area contributed by atoms with E-state index in [1.807, 2.05) is 30.3 Å². The van der Waals surface area contributed by atoms with Crippen LogP contribution in [0.2, 0.25) is 0 Å². The molecule has 18 heavy (non-hydrogen) atoms. The number of hydrogen-bond donors (Lipinski definition) is 1. The molecule has 2 aromatic rings. The third-order valence-electron chi connectivity index (χ3n) is 2.40. The molecule has 1 aromatic carbocycles. The van der Waals surface area contributed by atoms with E-state index in [2.05, 4.69) is 27.8 Å². The van der Waals surface area contributed by atoms with Gasteiger partial charge in [0.2, 0.25) is 0 Å². The second-order valence-corrected chi connectivity index (χ2v) is 4.85. The molecule has 3 nitrogen and oxygen atoms in total. The van der Waals surface area contributed by atoms with E-state index >= 15 is 0 Å². The molecule has 0 saturated heterocycles. The third kappa shape index (κ3) is 2.90. The molecule has 1 amide bonds. The van der Waals surface area contributed by atoms with Crippen LogP contribution in [0.3, 0.4) is 0 Å². The Morgan fingerprint density at radius 3 is 2.67 bits per heavy atom. The summed E-state index contributed by atoms with van der Waals surface area (Å²) in [6.45, 7) is 4.03. The lowest BCUT2D eigenvalue weighted by Gasteiger charge is -2.04. The standard InChI is InChI=1S/C14H12BrNO2/c1-10(15)9-16-14(17)13-12(7-8-18-13)11-5-3-2-4-6-11/h2-8H,1,9H2,(H,16,17). The van der Waals surface area contributed by atoms with Crippen LogP contribution in [-0.2, 0) is 0 Å². The van der Waals surface area contributed by atoms with Crippen molar-refractivity contribution in [2.24, 2.45) is 0 Å². The Morgan fingerprint density at radius 2 is 2.00 bits per heavy atom. The van der Waals surface area contributed by atoms with Crippen molar-refractivity contribution in [1.29, 1.82) is 0 Å². The summed E-state index contributed by atoms with van der Waals surface area (Å²) in [5, 5.41) is 2.72. The number of amides is 1. The molecular formula is C14H12BrNO2. The smallest absolute Gasteiger partial charge is 0.287 e. The van der Waals surface area contributed by atoms with E-state index in [-0.39, 0.29) is 5.91 Å². The largest absolute Gasteiger partial charge is 0.459 e. The third-order valence-corrected chi connectivity index (χ3v) is 2.68. The Hall–Kier alpha value is -1.81. The van der Waals surface area contributed by atoms with Crippen LogP contribution >= 0.6 is 15.9 Å². The lowest BCUT2D eigenvalue weighted by molar-refractivity contribution is 0.0931. The van der Waals surface area contributed by atoms with Crippen molar-refractivity contribution in [3.05, 3.63) is 59.5 Å². The molecule has 0 radical (unpaired) electrons. The highest BCUT2D eigenvalue weighted by Gasteiger charge is 2.16. The van der Waals surface area contributed by atoms with Crippen LogP contribution < -0.4 is 5.32 Å². The van der Waals surface area contributed by atoms with E-state index in [0.29, 0.717) is 16.8 Å². The monoisotopic (exact) mass is 305 g/mol. The maximum atomic E-state index is 11.9. The molecule has 92 valence electrons. The second kappa shape index (κ2) is 5.69. The lowest BCUT2D eigenvalue weighted by Crippen LogP contribution is -2.24. The van der Waals surface area contributed by atoms with Gasteiger partial charge >= 0.3 is 0 Å². The normalized spacial score (nSPS) is 10.1. The van der Waals surface area contributed by atoms with Gasteiger partial charge in [0.05, 0.1) is 6.26 Å². The van der Waals surface area contributed by atoms with Gasteiger partial charge in [-0.1, -0.05) is 52.8 Å². The first kappa shape index (κ1) is 12.6. The minimum atomic E-state index is -0.251. The fourth-order valence-electron chi connectivity index (χ4n) is 1.59. The summed E-state index contributed by atoms with van der Waals surface area (Å²) < 4.78 is 5.97. The summed E-state index contributed by atoms with van der Waals surface area (Å²) in [6.07, 6.45) is 1.51. The van der Waals surface area contributed by atoms with Gasteiger partial charge in [-0.2, -0.15) is 0 Å². The van der Waals surface area contributed by atoms with Gasteiger partial charge < -0.3 is 9.73 Å². The second-order valence-electron chi connectivity index (χ2n) is 3.73. The van der Waals surface area contributed by atoms with Crippen molar-refractivity contribution in [1.82, 2.24) is 5.32 Å². The molecule has 0 atom stereocenters. The fourth-order valence-corrected chi connectivity index (χ4v) is 1.73. The molecule has 0 fully saturated rings. The number of nitrogens with one attached hydrogen (secondary N) is 1. The van der Waals surface area contributed by atoms with Gasteiger partial charge in [0.1, 0.15) is 0 Å². The molecule has 4 heteroatoms. The summed E-state index contributed by atoms with van der Waals surface area (Å²) in [5.41, 5.74) is 1.74. The van der Waals surface area contributed by atoms with Crippen LogP contribution in [-0.4, -0.2) is 12.5 Å². The summed E-state index contributed by atoms with van der Waals surface area (Å²) in [4.78, 5) is 11.9. The van der Waals surface area contributed by atoms with E-state index in [0.717, 1.165) is 11.1 Å². The summed E-state index contributed by atoms with van der Waals surface area (Å²) in [5.74, 6) is 0.0643. The first-order valence-electron chi connectivity index (χ1n) is 5.43. The Labute approximate surface area is 114 Å². The molecule has 1 aromatic heterocycles. The number of rotatable bonds is 4. The molecule has 0 unspecified atom stereocenters.